The van der Waals surface area contributed by atoms with Crippen molar-refractivity contribution in [1.82, 2.24) is 9.55 Å². The lowest BCUT2D eigenvalue weighted by Gasteiger charge is -2.13. The Morgan fingerprint density at radius 1 is 1.41 bits per heavy atom. The van der Waals surface area contributed by atoms with E-state index >= 15 is 0 Å². The maximum atomic E-state index is 14.4. The summed E-state index contributed by atoms with van der Waals surface area (Å²) in [5.41, 5.74) is -0.865. The fraction of sp³-hybridized carbons (Fsp3) is 0.294. The third-order valence-corrected chi connectivity index (χ3v) is 4.89. The molecule has 0 spiro atoms. The number of carbonyl (C=O) groups excluding carboxylic acids is 2. The van der Waals surface area contributed by atoms with Crippen molar-refractivity contribution in [1.29, 1.82) is 0 Å². The van der Waals surface area contributed by atoms with Crippen LogP contribution in [0.25, 0.3) is 0 Å². The minimum Gasteiger partial charge on any atom is -0.462 e. The molecule has 3 rings (SSSR count). The van der Waals surface area contributed by atoms with Crippen molar-refractivity contribution in [2.24, 2.45) is 0 Å². The summed E-state index contributed by atoms with van der Waals surface area (Å²) in [5.74, 6) is -2.29. The number of halogens is 1. The molecule has 0 saturated carbocycles. The zero-order valence-corrected chi connectivity index (χ0v) is 15.1. The van der Waals surface area contributed by atoms with E-state index in [2.05, 4.69) is 10.3 Å². The summed E-state index contributed by atoms with van der Waals surface area (Å²) in [5, 5.41) is 1.78. The fourth-order valence-electron chi connectivity index (χ4n) is 2.37. The number of amides is 1. The second-order valence-corrected chi connectivity index (χ2v) is 6.95. The van der Waals surface area contributed by atoms with Crippen LogP contribution < -0.4 is 11.0 Å². The van der Waals surface area contributed by atoms with Crippen molar-refractivity contribution < 1.29 is 23.5 Å². The zero-order chi connectivity index (χ0) is 19.4. The maximum absolute atomic E-state index is 14.4. The molecule has 0 unspecified atom stereocenters. The third-order valence-electron chi connectivity index (χ3n) is 3.64. The Labute approximate surface area is 157 Å². The highest BCUT2D eigenvalue weighted by Crippen LogP contribution is 2.35. The Morgan fingerprint density at radius 2 is 2.15 bits per heavy atom. The molecule has 0 aliphatic carbocycles. The van der Waals surface area contributed by atoms with Crippen molar-refractivity contribution in [2.45, 2.75) is 17.7 Å². The minimum absolute atomic E-state index is 0.0341. The van der Waals surface area contributed by atoms with Gasteiger partial charge in [-0.05, 0) is 12.1 Å². The Hall–Kier alpha value is -2.72. The normalized spacial score (nSPS) is 18.9. The van der Waals surface area contributed by atoms with Crippen LogP contribution >= 0.6 is 11.8 Å². The van der Waals surface area contributed by atoms with E-state index in [0.29, 0.717) is 5.56 Å². The second kappa shape index (κ2) is 8.31. The van der Waals surface area contributed by atoms with E-state index in [1.54, 1.807) is 30.3 Å². The molecule has 2 atom stereocenters. The summed E-state index contributed by atoms with van der Waals surface area (Å²) in [4.78, 5) is 38.8. The molecule has 0 radical (unpaired) electrons. The van der Waals surface area contributed by atoms with Gasteiger partial charge in [0, 0.05) is 18.7 Å². The molecular formula is C17H16FN3O5S. The predicted octanol–water partition coefficient (Wildman–Crippen LogP) is 1.79. The molecule has 1 aromatic carbocycles. The Kier molecular flexibility index (Phi) is 5.87. The number of nitrogens with one attached hydrogen (secondary N) is 1. The van der Waals surface area contributed by atoms with Gasteiger partial charge in [0.05, 0.1) is 6.61 Å². The highest BCUT2D eigenvalue weighted by Gasteiger charge is 2.30. The van der Waals surface area contributed by atoms with E-state index in [1.807, 2.05) is 0 Å². The molecule has 2 heterocycles. The van der Waals surface area contributed by atoms with Gasteiger partial charge >= 0.3 is 11.7 Å². The molecule has 27 heavy (non-hydrogen) atoms. The number of hydrogen-bond donors (Lipinski definition) is 1. The Morgan fingerprint density at radius 3 is 2.85 bits per heavy atom. The van der Waals surface area contributed by atoms with Crippen molar-refractivity contribution in [3.8, 4) is 0 Å². The summed E-state index contributed by atoms with van der Waals surface area (Å²) >= 11 is 1.21. The second-order valence-electron chi connectivity index (χ2n) is 5.60. The predicted molar refractivity (Wildman–Crippen MR) is 95.9 cm³/mol. The van der Waals surface area contributed by atoms with Crippen LogP contribution in [-0.4, -0.2) is 40.1 Å². The quantitative estimate of drug-likeness (QED) is 0.773. The number of esters is 1. The van der Waals surface area contributed by atoms with Crippen LogP contribution in [0.5, 0.6) is 0 Å². The molecule has 1 aromatic heterocycles. The number of benzene rings is 1. The number of anilines is 1. The number of carbonyl (C=O) groups is 2. The summed E-state index contributed by atoms with van der Waals surface area (Å²) in [6.07, 6.45) is 0.977. The molecular weight excluding hydrogens is 377 g/mol. The molecule has 8 nitrogen and oxygen atoms in total. The van der Waals surface area contributed by atoms with Gasteiger partial charge in [0.15, 0.2) is 11.6 Å². The molecule has 1 amide bonds. The largest absolute Gasteiger partial charge is 0.462 e. The number of hydrogen-bond acceptors (Lipinski definition) is 7. The monoisotopic (exact) mass is 393 g/mol. The fourth-order valence-corrected chi connectivity index (χ4v) is 3.46. The highest BCUT2D eigenvalue weighted by atomic mass is 32.2. The number of rotatable bonds is 5. The van der Waals surface area contributed by atoms with Gasteiger partial charge in [-0.3, -0.25) is 14.2 Å². The first-order valence-electron chi connectivity index (χ1n) is 7.99. The lowest BCUT2D eigenvalue weighted by Crippen LogP contribution is -2.28. The van der Waals surface area contributed by atoms with Crippen LogP contribution in [0.3, 0.4) is 0 Å². The van der Waals surface area contributed by atoms with Gasteiger partial charge in [-0.15, -0.1) is 0 Å². The van der Waals surface area contributed by atoms with Gasteiger partial charge in [0.1, 0.15) is 17.4 Å². The van der Waals surface area contributed by atoms with Crippen LogP contribution in [0.1, 0.15) is 22.7 Å². The topological polar surface area (TPSA) is 99.5 Å². The van der Waals surface area contributed by atoms with Crippen molar-refractivity contribution >= 4 is 29.5 Å². The minimum atomic E-state index is -0.845. The first-order valence-corrected chi connectivity index (χ1v) is 8.94. The van der Waals surface area contributed by atoms with Crippen molar-refractivity contribution in [3.05, 3.63) is 58.4 Å². The number of thioether (sulfide) groups is 1. The van der Waals surface area contributed by atoms with Crippen LogP contribution in [-0.2, 0) is 14.3 Å². The number of aromatic nitrogens is 2. The zero-order valence-electron chi connectivity index (χ0n) is 14.3. The van der Waals surface area contributed by atoms with E-state index in [0.717, 1.165) is 10.8 Å². The maximum Gasteiger partial charge on any atom is 0.350 e. The average Bonchev–Trinajstić information content (AvgIpc) is 3.12. The van der Waals surface area contributed by atoms with Gasteiger partial charge in [0.25, 0.3) is 5.91 Å². The van der Waals surface area contributed by atoms with E-state index in [-0.39, 0.29) is 13.2 Å². The van der Waals surface area contributed by atoms with Gasteiger partial charge in [-0.1, -0.05) is 30.0 Å². The molecule has 1 fully saturated rings. The molecule has 1 aliphatic heterocycles. The third kappa shape index (κ3) is 4.72. The van der Waals surface area contributed by atoms with Crippen molar-refractivity contribution in [3.63, 3.8) is 0 Å². The molecule has 2 aromatic rings. The molecule has 1 N–H and O–H groups in total. The Balaban J connectivity index is 1.71. The van der Waals surface area contributed by atoms with Gasteiger partial charge < -0.3 is 14.8 Å². The molecule has 142 valence electrons. The lowest BCUT2D eigenvalue weighted by molar-refractivity contribution is -0.142. The van der Waals surface area contributed by atoms with Gasteiger partial charge in [-0.25, -0.2) is 9.18 Å². The Bertz CT molecular complexity index is 905. The van der Waals surface area contributed by atoms with E-state index < -0.39 is 40.0 Å². The van der Waals surface area contributed by atoms with Crippen LogP contribution in [0, 0.1) is 5.82 Å². The first kappa shape index (κ1) is 19.1. The standard InChI is InChI=1S/C17H16FN3O5S/c1-10(22)25-9-14-26-8-13(27-14)21-7-12(18)15(20-17(21)24)19-16(23)11-5-3-2-4-6-11/h2-7,13-14H,8-9H2,1H3,(H,19,20,23,24)/t13-,14-/m0/s1. The van der Waals surface area contributed by atoms with E-state index in [1.165, 1.54) is 18.7 Å². The molecule has 1 aliphatic rings. The smallest absolute Gasteiger partial charge is 0.350 e. The molecule has 0 bridgehead atoms. The van der Waals surface area contributed by atoms with Crippen LogP contribution in [0.4, 0.5) is 10.2 Å². The summed E-state index contributed by atoms with van der Waals surface area (Å²) in [6, 6.07) is 8.20. The first-order chi connectivity index (χ1) is 12.9. The summed E-state index contributed by atoms with van der Waals surface area (Å²) < 4.78 is 25.7. The van der Waals surface area contributed by atoms with E-state index in [9.17, 15) is 18.8 Å². The number of nitrogens with zero attached hydrogens (tertiary/aromatic N) is 2. The average molecular weight is 393 g/mol. The lowest BCUT2D eigenvalue weighted by atomic mass is 10.2. The van der Waals surface area contributed by atoms with Crippen LogP contribution in [0.2, 0.25) is 0 Å². The number of ether oxygens (including phenoxy) is 2. The van der Waals surface area contributed by atoms with Crippen molar-refractivity contribution in [2.75, 3.05) is 18.5 Å². The van der Waals surface area contributed by atoms with Gasteiger partial charge in [-0.2, -0.15) is 4.98 Å². The SMILES string of the molecule is CC(=O)OC[C@H]1OC[C@@H](n2cc(F)c(NC(=O)c3ccccc3)nc2=O)S1. The van der Waals surface area contributed by atoms with Gasteiger partial charge in [0.2, 0.25) is 0 Å². The highest BCUT2D eigenvalue weighted by molar-refractivity contribution is 8.00. The summed E-state index contributed by atoms with van der Waals surface area (Å²) in [6.45, 7) is 1.45. The molecule has 10 heteroatoms. The molecule has 1 saturated heterocycles. The van der Waals surface area contributed by atoms with E-state index in [4.69, 9.17) is 9.47 Å². The summed E-state index contributed by atoms with van der Waals surface area (Å²) in [7, 11) is 0. The van der Waals surface area contributed by atoms with Crippen LogP contribution in [0.15, 0.2) is 41.3 Å².